The molecule has 0 atom stereocenters. The molecule has 0 aliphatic heterocycles. The second-order valence-corrected chi connectivity index (χ2v) is 4.60. The number of aliphatic hydroxyl groups is 1. The average molecular weight is 245 g/mol. The van der Waals surface area contributed by atoms with Crippen molar-refractivity contribution in [1.29, 1.82) is 0 Å². The molecule has 96 valence electrons. The van der Waals surface area contributed by atoms with E-state index in [4.69, 9.17) is 5.11 Å². The molecule has 0 aliphatic rings. The van der Waals surface area contributed by atoms with Crippen LogP contribution in [0, 0.1) is 0 Å². The topological polar surface area (TPSA) is 50.1 Å². The van der Waals surface area contributed by atoms with Gasteiger partial charge < -0.3 is 15.0 Å². The molecular weight excluding hydrogens is 226 g/mol. The van der Waals surface area contributed by atoms with Crippen molar-refractivity contribution in [3.63, 3.8) is 0 Å². The summed E-state index contributed by atoms with van der Waals surface area (Å²) >= 11 is 0. The Morgan fingerprint density at radius 3 is 2.94 bits per heavy atom. The van der Waals surface area contributed by atoms with Crippen LogP contribution in [-0.2, 0) is 13.2 Å². The van der Waals surface area contributed by atoms with Crippen LogP contribution in [0.15, 0.2) is 36.8 Å². The minimum atomic E-state index is 0.0689. The molecule has 0 amide bonds. The number of anilines is 1. The summed E-state index contributed by atoms with van der Waals surface area (Å²) in [4.78, 5) is 4.17. The molecule has 1 aromatic heterocycles. The van der Waals surface area contributed by atoms with Gasteiger partial charge in [0.2, 0.25) is 0 Å². The van der Waals surface area contributed by atoms with Crippen LogP contribution in [0.4, 0.5) is 5.69 Å². The van der Waals surface area contributed by atoms with Crippen molar-refractivity contribution in [2.75, 3.05) is 5.32 Å². The highest BCUT2D eigenvalue weighted by Crippen LogP contribution is 2.14. The van der Waals surface area contributed by atoms with Gasteiger partial charge in [-0.2, -0.15) is 0 Å². The number of rotatable bonds is 5. The van der Waals surface area contributed by atoms with E-state index in [-0.39, 0.29) is 6.61 Å². The number of benzene rings is 1. The van der Waals surface area contributed by atoms with E-state index >= 15 is 0 Å². The normalized spacial score (nSPS) is 10.9. The van der Waals surface area contributed by atoms with Crippen molar-refractivity contribution in [3.8, 4) is 0 Å². The molecule has 0 radical (unpaired) electrons. The summed E-state index contributed by atoms with van der Waals surface area (Å²) in [7, 11) is 0. The van der Waals surface area contributed by atoms with Crippen LogP contribution in [0.1, 0.15) is 31.1 Å². The fraction of sp³-hybridized carbons (Fsp3) is 0.357. The SMILES string of the molecule is CC(C)n1cncc1CNc1cccc(CO)c1. The van der Waals surface area contributed by atoms with Crippen LogP contribution < -0.4 is 5.32 Å². The number of aliphatic hydroxyl groups excluding tert-OH is 1. The van der Waals surface area contributed by atoms with Gasteiger partial charge in [-0.05, 0) is 31.5 Å². The fourth-order valence-electron chi connectivity index (χ4n) is 1.91. The predicted molar refractivity (Wildman–Crippen MR) is 72.3 cm³/mol. The monoisotopic (exact) mass is 245 g/mol. The van der Waals surface area contributed by atoms with E-state index in [1.54, 1.807) is 0 Å². The van der Waals surface area contributed by atoms with E-state index in [0.717, 1.165) is 23.5 Å². The lowest BCUT2D eigenvalue weighted by Crippen LogP contribution is -2.08. The molecule has 2 N–H and O–H groups in total. The Bertz CT molecular complexity index is 505. The van der Waals surface area contributed by atoms with Gasteiger partial charge in [0, 0.05) is 17.9 Å². The molecule has 1 aromatic carbocycles. The van der Waals surface area contributed by atoms with Gasteiger partial charge in [0.1, 0.15) is 0 Å². The van der Waals surface area contributed by atoms with Crippen LogP contribution in [0.3, 0.4) is 0 Å². The van der Waals surface area contributed by atoms with E-state index < -0.39 is 0 Å². The second kappa shape index (κ2) is 5.69. The summed E-state index contributed by atoms with van der Waals surface area (Å²) < 4.78 is 2.14. The molecule has 2 rings (SSSR count). The maximum atomic E-state index is 9.09. The van der Waals surface area contributed by atoms with Gasteiger partial charge in [0.15, 0.2) is 0 Å². The first-order chi connectivity index (χ1) is 8.70. The standard InChI is InChI=1S/C14H19N3O/c1-11(2)17-10-15-7-14(17)8-16-13-5-3-4-12(6-13)9-18/h3-7,10-11,16,18H,8-9H2,1-2H3. The number of hydrogen-bond donors (Lipinski definition) is 2. The van der Waals surface area contributed by atoms with Crippen molar-refractivity contribution in [2.24, 2.45) is 0 Å². The van der Waals surface area contributed by atoms with Gasteiger partial charge in [-0.25, -0.2) is 4.98 Å². The lowest BCUT2D eigenvalue weighted by Gasteiger charge is -2.13. The molecule has 0 bridgehead atoms. The highest BCUT2D eigenvalue weighted by Gasteiger charge is 2.04. The van der Waals surface area contributed by atoms with Crippen LogP contribution >= 0.6 is 0 Å². The average Bonchev–Trinajstić information content (AvgIpc) is 2.85. The molecule has 2 aromatic rings. The van der Waals surface area contributed by atoms with Crippen LogP contribution in [0.25, 0.3) is 0 Å². The van der Waals surface area contributed by atoms with Gasteiger partial charge in [0.25, 0.3) is 0 Å². The maximum absolute atomic E-state index is 9.09. The minimum Gasteiger partial charge on any atom is -0.392 e. The Morgan fingerprint density at radius 2 is 2.22 bits per heavy atom. The summed E-state index contributed by atoms with van der Waals surface area (Å²) in [5.74, 6) is 0. The molecule has 18 heavy (non-hydrogen) atoms. The van der Waals surface area contributed by atoms with Crippen molar-refractivity contribution in [3.05, 3.63) is 48.0 Å². The van der Waals surface area contributed by atoms with Crippen LogP contribution in [0.5, 0.6) is 0 Å². The van der Waals surface area contributed by atoms with Gasteiger partial charge in [-0.15, -0.1) is 0 Å². The third kappa shape index (κ3) is 2.90. The lowest BCUT2D eigenvalue weighted by molar-refractivity contribution is 0.282. The van der Waals surface area contributed by atoms with E-state index in [2.05, 4.69) is 28.7 Å². The van der Waals surface area contributed by atoms with E-state index in [9.17, 15) is 0 Å². The number of hydrogen-bond acceptors (Lipinski definition) is 3. The quantitative estimate of drug-likeness (QED) is 0.851. The van der Waals surface area contributed by atoms with E-state index in [0.29, 0.717) is 6.04 Å². The highest BCUT2D eigenvalue weighted by atomic mass is 16.3. The molecule has 0 fully saturated rings. The van der Waals surface area contributed by atoms with E-state index in [1.807, 2.05) is 36.8 Å². The first kappa shape index (κ1) is 12.6. The van der Waals surface area contributed by atoms with Crippen LogP contribution in [0.2, 0.25) is 0 Å². The molecule has 4 nitrogen and oxygen atoms in total. The maximum Gasteiger partial charge on any atom is 0.0951 e. The highest BCUT2D eigenvalue weighted by molar-refractivity contribution is 5.45. The molecule has 0 spiro atoms. The number of nitrogens with one attached hydrogen (secondary N) is 1. The van der Waals surface area contributed by atoms with Gasteiger partial charge in [-0.3, -0.25) is 0 Å². The van der Waals surface area contributed by atoms with Crippen molar-refractivity contribution in [2.45, 2.75) is 33.0 Å². The molecular formula is C14H19N3O. The zero-order chi connectivity index (χ0) is 13.0. The van der Waals surface area contributed by atoms with Crippen molar-refractivity contribution < 1.29 is 5.11 Å². The first-order valence-electron chi connectivity index (χ1n) is 6.15. The summed E-state index contributed by atoms with van der Waals surface area (Å²) in [6.07, 6.45) is 3.73. The Balaban J connectivity index is 2.04. The molecule has 0 aliphatic carbocycles. The predicted octanol–water partition coefficient (Wildman–Crippen LogP) is 2.57. The largest absolute Gasteiger partial charge is 0.392 e. The molecule has 0 saturated heterocycles. The van der Waals surface area contributed by atoms with Crippen LogP contribution in [-0.4, -0.2) is 14.7 Å². The Morgan fingerprint density at radius 1 is 1.39 bits per heavy atom. The van der Waals surface area contributed by atoms with Crippen molar-refractivity contribution >= 4 is 5.69 Å². The number of aromatic nitrogens is 2. The van der Waals surface area contributed by atoms with Gasteiger partial charge in [-0.1, -0.05) is 12.1 Å². The molecule has 0 saturated carbocycles. The van der Waals surface area contributed by atoms with Gasteiger partial charge in [0.05, 0.1) is 25.2 Å². The second-order valence-electron chi connectivity index (χ2n) is 4.60. The zero-order valence-electron chi connectivity index (χ0n) is 10.8. The number of nitrogens with zero attached hydrogens (tertiary/aromatic N) is 2. The van der Waals surface area contributed by atoms with E-state index in [1.165, 1.54) is 0 Å². The Labute approximate surface area is 107 Å². The van der Waals surface area contributed by atoms with Gasteiger partial charge >= 0.3 is 0 Å². The summed E-state index contributed by atoms with van der Waals surface area (Å²) in [6.45, 7) is 5.07. The summed E-state index contributed by atoms with van der Waals surface area (Å²) in [5.41, 5.74) is 3.08. The first-order valence-corrected chi connectivity index (χ1v) is 6.15. The summed E-state index contributed by atoms with van der Waals surface area (Å²) in [5, 5.41) is 12.4. The molecule has 1 heterocycles. The molecule has 4 heteroatoms. The Kier molecular flexibility index (Phi) is 3.99. The fourth-order valence-corrected chi connectivity index (χ4v) is 1.91. The zero-order valence-corrected chi connectivity index (χ0v) is 10.8. The molecule has 0 unspecified atom stereocenters. The Hall–Kier alpha value is -1.81. The third-order valence-electron chi connectivity index (χ3n) is 2.89. The van der Waals surface area contributed by atoms with Crippen molar-refractivity contribution in [1.82, 2.24) is 9.55 Å². The lowest BCUT2D eigenvalue weighted by atomic mass is 10.2. The smallest absolute Gasteiger partial charge is 0.0951 e. The number of imidazole rings is 1. The summed E-state index contributed by atoms with van der Waals surface area (Å²) in [6, 6.07) is 8.20. The minimum absolute atomic E-state index is 0.0689. The third-order valence-corrected chi connectivity index (χ3v) is 2.89.